The molecule has 3 aromatic carbocycles. The maximum absolute atomic E-state index is 13.0. The van der Waals surface area contributed by atoms with Crippen molar-refractivity contribution in [2.75, 3.05) is 11.9 Å². The maximum atomic E-state index is 13.0. The van der Waals surface area contributed by atoms with Crippen LogP contribution in [0, 0.1) is 6.92 Å². The number of thiazole rings is 1. The van der Waals surface area contributed by atoms with Gasteiger partial charge < -0.3 is 4.74 Å². The van der Waals surface area contributed by atoms with Gasteiger partial charge in [0.1, 0.15) is 5.75 Å². The van der Waals surface area contributed by atoms with Crippen molar-refractivity contribution in [2.45, 2.75) is 23.6 Å². The molecule has 7 heteroatoms. The summed E-state index contributed by atoms with van der Waals surface area (Å²) in [5, 5.41) is 3.53. The molecule has 0 radical (unpaired) electrons. The van der Waals surface area contributed by atoms with Crippen LogP contribution in [0.15, 0.2) is 76.5 Å². The lowest BCUT2D eigenvalue weighted by molar-refractivity contribution is 0.102. The van der Waals surface area contributed by atoms with Crippen LogP contribution in [-0.2, 0) is 0 Å². The second-order valence-corrected chi connectivity index (χ2v) is 9.71. The van der Waals surface area contributed by atoms with Gasteiger partial charge in [-0.25, -0.2) is 4.98 Å². The number of benzene rings is 3. The van der Waals surface area contributed by atoms with E-state index >= 15 is 0 Å². The van der Waals surface area contributed by atoms with Gasteiger partial charge in [0.25, 0.3) is 5.91 Å². The standard InChI is InChI=1S/C23H20N2O2S3/c1-3-27-16-12-13-18-21(14-16)28-23(24-18)25-22(26)17-9-5-7-11-20(17)30-29-19-10-6-4-8-15(19)2/h4-14H,3H2,1-2H3,(H,24,25,26). The van der Waals surface area contributed by atoms with E-state index in [1.54, 1.807) is 21.6 Å². The summed E-state index contributed by atoms with van der Waals surface area (Å²) in [5.41, 5.74) is 2.70. The molecule has 0 fully saturated rings. The molecule has 4 aromatic rings. The first-order valence-electron chi connectivity index (χ1n) is 9.48. The fourth-order valence-corrected chi connectivity index (χ4v) is 6.17. The van der Waals surface area contributed by atoms with Crippen molar-refractivity contribution in [3.8, 4) is 5.75 Å². The molecule has 152 valence electrons. The number of ether oxygens (including phenoxy) is 1. The third kappa shape index (κ3) is 4.80. The first kappa shape index (κ1) is 20.8. The molecular weight excluding hydrogens is 432 g/mol. The Hall–Kier alpha value is -2.48. The lowest BCUT2D eigenvalue weighted by atomic mass is 10.2. The minimum absolute atomic E-state index is 0.160. The number of carbonyl (C=O) groups excluding carboxylic acids is 1. The van der Waals surface area contributed by atoms with Crippen LogP contribution in [0.2, 0.25) is 0 Å². The number of aromatic nitrogens is 1. The van der Waals surface area contributed by atoms with Gasteiger partial charge in [0, 0.05) is 9.79 Å². The Labute approximate surface area is 187 Å². The van der Waals surface area contributed by atoms with Crippen LogP contribution in [0.4, 0.5) is 5.13 Å². The van der Waals surface area contributed by atoms with Crippen LogP contribution in [0.25, 0.3) is 10.2 Å². The average Bonchev–Trinajstić information content (AvgIpc) is 3.15. The third-order valence-electron chi connectivity index (χ3n) is 4.34. The molecule has 1 N–H and O–H groups in total. The number of nitrogens with zero attached hydrogens (tertiary/aromatic N) is 1. The minimum atomic E-state index is -0.160. The highest BCUT2D eigenvalue weighted by Gasteiger charge is 2.15. The molecule has 4 nitrogen and oxygen atoms in total. The molecule has 0 spiro atoms. The quantitative estimate of drug-likeness (QED) is 0.304. The van der Waals surface area contributed by atoms with E-state index in [9.17, 15) is 4.79 Å². The largest absolute Gasteiger partial charge is 0.494 e. The van der Waals surface area contributed by atoms with Gasteiger partial charge >= 0.3 is 0 Å². The van der Waals surface area contributed by atoms with Gasteiger partial charge in [0.05, 0.1) is 22.4 Å². The number of amides is 1. The fraction of sp³-hybridized carbons (Fsp3) is 0.130. The van der Waals surface area contributed by atoms with Gasteiger partial charge in [-0.15, -0.1) is 0 Å². The van der Waals surface area contributed by atoms with Crippen molar-refractivity contribution in [3.63, 3.8) is 0 Å². The van der Waals surface area contributed by atoms with Crippen LogP contribution in [0.3, 0.4) is 0 Å². The van der Waals surface area contributed by atoms with E-state index in [0.29, 0.717) is 17.3 Å². The van der Waals surface area contributed by atoms with Crippen molar-refractivity contribution in [1.82, 2.24) is 4.98 Å². The predicted molar refractivity (Wildman–Crippen MR) is 128 cm³/mol. The second kappa shape index (κ2) is 9.55. The second-order valence-electron chi connectivity index (χ2n) is 6.46. The molecule has 1 amide bonds. The van der Waals surface area contributed by atoms with Crippen molar-refractivity contribution in [2.24, 2.45) is 0 Å². The third-order valence-corrected chi connectivity index (χ3v) is 7.86. The molecule has 0 aliphatic carbocycles. The summed E-state index contributed by atoms with van der Waals surface area (Å²) in [7, 11) is 3.25. The highest BCUT2D eigenvalue weighted by atomic mass is 33.1. The maximum Gasteiger partial charge on any atom is 0.258 e. The van der Waals surface area contributed by atoms with E-state index < -0.39 is 0 Å². The lowest BCUT2D eigenvalue weighted by Gasteiger charge is -2.09. The highest BCUT2D eigenvalue weighted by Crippen LogP contribution is 2.40. The van der Waals surface area contributed by atoms with Crippen molar-refractivity contribution in [1.29, 1.82) is 0 Å². The van der Waals surface area contributed by atoms with E-state index in [1.165, 1.54) is 21.8 Å². The number of rotatable bonds is 7. The summed E-state index contributed by atoms with van der Waals surface area (Å²) in [6.45, 7) is 4.66. The number of hydrogen-bond donors (Lipinski definition) is 1. The molecule has 0 aliphatic rings. The molecule has 1 aromatic heterocycles. The Morgan fingerprint density at radius 1 is 1.03 bits per heavy atom. The first-order valence-corrected chi connectivity index (χ1v) is 12.4. The van der Waals surface area contributed by atoms with E-state index in [4.69, 9.17) is 4.74 Å². The molecule has 1 heterocycles. The van der Waals surface area contributed by atoms with Gasteiger partial charge in [-0.05, 0) is 55.8 Å². The number of hydrogen-bond acceptors (Lipinski definition) is 6. The summed E-state index contributed by atoms with van der Waals surface area (Å²) in [4.78, 5) is 19.6. The van der Waals surface area contributed by atoms with Gasteiger partial charge in [0.2, 0.25) is 0 Å². The molecule has 0 unspecified atom stereocenters. The molecule has 30 heavy (non-hydrogen) atoms. The fourth-order valence-electron chi connectivity index (χ4n) is 2.85. The van der Waals surface area contributed by atoms with E-state index in [2.05, 4.69) is 29.4 Å². The first-order chi connectivity index (χ1) is 14.6. The topological polar surface area (TPSA) is 51.2 Å². The zero-order valence-electron chi connectivity index (χ0n) is 16.5. The zero-order valence-corrected chi connectivity index (χ0v) is 19.0. The smallest absolute Gasteiger partial charge is 0.258 e. The average molecular weight is 453 g/mol. The Kier molecular flexibility index (Phi) is 6.62. The number of carbonyl (C=O) groups is 1. The number of anilines is 1. The Morgan fingerprint density at radius 3 is 2.57 bits per heavy atom. The van der Waals surface area contributed by atoms with Crippen LogP contribution in [0.5, 0.6) is 5.75 Å². The molecule has 4 rings (SSSR count). The monoisotopic (exact) mass is 452 g/mol. The van der Waals surface area contributed by atoms with E-state index in [0.717, 1.165) is 20.9 Å². The Bertz CT molecular complexity index is 1190. The van der Waals surface area contributed by atoms with E-state index in [1.807, 2.05) is 61.5 Å². The molecule has 0 aliphatic heterocycles. The summed E-state index contributed by atoms with van der Waals surface area (Å²) < 4.78 is 6.53. The summed E-state index contributed by atoms with van der Waals surface area (Å²) in [6, 6.07) is 21.6. The Balaban J connectivity index is 1.51. The summed E-state index contributed by atoms with van der Waals surface area (Å²) in [5.74, 6) is 0.647. The summed E-state index contributed by atoms with van der Waals surface area (Å²) >= 11 is 1.44. The normalized spacial score (nSPS) is 10.9. The van der Waals surface area contributed by atoms with E-state index in [-0.39, 0.29) is 5.91 Å². The lowest BCUT2D eigenvalue weighted by Crippen LogP contribution is -2.12. The molecule has 0 atom stereocenters. The van der Waals surface area contributed by atoms with Crippen molar-refractivity contribution >= 4 is 54.2 Å². The molecule has 0 saturated heterocycles. The molecule has 0 bridgehead atoms. The number of nitrogens with one attached hydrogen (secondary N) is 1. The Morgan fingerprint density at radius 2 is 1.77 bits per heavy atom. The van der Waals surface area contributed by atoms with Crippen LogP contribution in [0.1, 0.15) is 22.8 Å². The van der Waals surface area contributed by atoms with Crippen LogP contribution >= 0.6 is 32.9 Å². The van der Waals surface area contributed by atoms with Crippen LogP contribution in [-0.4, -0.2) is 17.5 Å². The molecule has 0 saturated carbocycles. The van der Waals surface area contributed by atoms with Gasteiger partial charge in [0.15, 0.2) is 5.13 Å². The SMILES string of the molecule is CCOc1ccc2nc(NC(=O)c3ccccc3SSc3ccccc3C)sc2c1. The number of fused-ring (bicyclic) bond motifs is 1. The van der Waals surface area contributed by atoms with Crippen molar-refractivity contribution in [3.05, 3.63) is 77.9 Å². The minimum Gasteiger partial charge on any atom is -0.494 e. The summed E-state index contributed by atoms with van der Waals surface area (Å²) in [6.07, 6.45) is 0. The van der Waals surface area contributed by atoms with Gasteiger partial charge in [-0.3, -0.25) is 10.1 Å². The van der Waals surface area contributed by atoms with Crippen LogP contribution < -0.4 is 10.1 Å². The van der Waals surface area contributed by atoms with Crippen molar-refractivity contribution < 1.29 is 9.53 Å². The van der Waals surface area contributed by atoms with Gasteiger partial charge in [-0.2, -0.15) is 0 Å². The molecular formula is C23H20N2O2S3. The predicted octanol–water partition coefficient (Wildman–Crippen LogP) is 7.06. The van der Waals surface area contributed by atoms with Gasteiger partial charge in [-0.1, -0.05) is 63.3 Å². The zero-order chi connectivity index (χ0) is 20.9. The number of aryl methyl sites for hydroxylation is 1. The highest BCUT2D eigenvalue weighted by molar-refractivity contribution is 8.76.